The van der Waals surface area contributed by atoms with Crippen molar-refractivity contribution in [2.75, 3.05) is 12.3 Å². The molecule has 0 bridgehead atoms. The van der Waals surface area contributed by atoms with Crippen molar-refractivity contribution in [1.29, 1.82) is 0 Å². The monoisotopic (exact) mass is 290 g/mol. The van der Waals surface area contributed by atoms with E-state index in [1.165, 1.54) is 12.8 Å². The Kier molecular flexibility index (Phi) is 5.48. The summed E-state index contributed by atoms with van der Waals surface area (Å²) in [6.45, 7) is 4.89. The highest BCUT2D eigenvalue weighted by Crippen LogP contribution is 2.28. The summed E-state index contributed by atoms with van der Waals surface area (Å²) in [5, 5.41) is 3.14. The highest BCUT2D eigenvalue weighted by atomic mass is 16.5. The van der Waals surface area contributed by atoms with Gasteiger partial charge in [0.2, 0.25) is 5.91 Å². The first-order chi connectivity index (χ1) is 10.0. The number of carbonyl (C=O) groups is 1. The molecule has 3 atom stereocenters. The van der Waals surface area contributed by atoms with E-state index in [1.807, 2.05) is 18.2 Å². The fourth-order valence-corrected chi connectivity index (χ4v) is 3.02. The third kappa shape index (κ3) is 4.96. The van der Waals surface area contributed by atoms with Gasteiger partial charge in [-0.2, -0.15) is 0 Å². The molecule has 0 aromatic heterocycles. The van der Waals surface area contributed by atoms with Crippen LogP contribution in [0.4, 0.5) is 5.69 Å². The summed E-state index contributed by atoms with van der Waals surface area (Å²) in [6.07, 6.45) is 3.87. The molecule has 0 spiro atoms. The number of hydrogen-bond donors (Lipinski definition) is 2. The molecule has 1 aromatic rings. The van der Waals surface area contributed by atoms with E-state index in [9.17, 15) is 4.79 Å². The van der Waals surface area contributed by atoms with E-state index in [0.717, 1.165) is 12.3 Å². The molecule has 1 fully saturated rings. The number of carbonyl (C=O) groups excluding carboxylic acids is 1. The number of nitrogens with one attached hydrogen (secondary N) is 1. The van der Waals surface area contributed by atoms with Gasteiger partial charge >= 0.3 is 0 Å². The van der Waals surface area contributed by atoms with Crippen LogP contribution in [0.2, 0.25) is 0 Å². The van der Waals surface area contributed by atoms with Crippen molar-refractivity contribution in [3.8, 4) is 5.75 Å². The lowest BCUT2D eigenvalue weighted by molar-refractivity contribution is -0.122. The first kappa shape index (κ1) is 15.7. The van der Waals surface area contributed by atoms with E-state index in [2.05, 4.69) is 19.2 Å². The lowest BCUT2D eigenvalue weighted by Gasteiger charge is -2.33. The van der Waals surface area contributed by atoms with Gasteiger partial charge in [-0.1, -0.05) is 19.9 Å². The zero-order chi connectivity index (χ0) is 15.2. The number of amides is 1. The van der Waals surface area contributed by atoms with Crippen LogP contribution >= 0.6 is 0 Å². The second kappa shape index (κ2) is 7.34. The van der Waals surface area contributed by atoms with Gasteiger partial charge in [0, 0.05) is 17.8 Å². The molecule has 1 aliphatic carbocycles. The summed E-state index contributed by atoms with van der Waals surface area (Å²) in [4.78, 5) is 12.0. The number of ether oxygens (including phenoxy) is 1. The van der Waals surface area contributed by atoms with Gasteiger partial charge in [-0.05, 0) is 43.2 Å². The van der Waals surface area contributed by atoms with Gasteiger partial charge in [0.15, 0.2) is 0 Å². The molecule has 4 heteroatoms. The third-order valence-electron chi connectivity index (χ3n) is 4.23. The summed E-state index contributed by atoms with van der Waals surface area (Å²) in [7, 11) is 0. The van der Waals surface area contributed by atoms with Crippen molar-refractivity contribution in [2.24, 2.45) is 11.8 Å². The zero-order valence-corrected chi connectivity index (χ0v) is 13.0. The second-order valence-corrected chi connectivity index (χ2v) is 6.24. The standard InChI is InChI=1S/C17H26N2O2/c1-12-6-7-16(13(2)10-12)19-17(20)8-9-21-15-5-3-4-14(18)11-15/h3-5,11-13,16H,6-10,18H2,1-2H3,(H,19,20). The lowest BCUT2D eigenvalue weighted by Crippen LogP contribution is -2.42. The Bertz CT molecular complexity index is 476. The Morgan fingerprint density at radius 1 is 1.38 bits per heavy atom. The van der Waals surface area contributed by atoms with Crippen molar-refractivity contribution < 1.29 is 9.53 Å². The minimum atomic E-state index is 0.0744. The van der Waals surface area contributed by atoms with E-state index in [4.69, 9.17) is 10.5 Å². The molecular formula is C17H26N2O2. The van der Waals surface area contributed by atoms with Crippen LogP contribution in [0.5, 0.6) is 5.75 Å². The van der Waals surface area contributed by atoms with Crippen LogP contribution in [-0.2, 0) is 4.79 Å². The smallest absolute Gasteiger partial charge is 0.223 e. The van der Waals surface area contributed by atoms with E-state index in [0.29, 0.717) is 36.4 Å². The van der Waals surface area contributed by atoms with Crippen LogP contribution < -0.4 is 15.8 Å². The van der Waals surface area contributed by atoms with Crippen molar-refractivity contribution in [2.45, 2.75) is 45.6 Å². The molecule has 4 nitrogen and oxygen atoms in total. The summed E-state index contributed by atoms with van der Waals surface area (Å²) in [5.74, 6) is 2.13. The van der Waals surface area contributed by atoms with Crippen molar-refractivity contribution in [1.82, 2.24) is 5.32 Å². The highest BCUT2D eigenvalue weighted by Gasteiger charge is 2.26. The van der Waals surface area contributed by atoms with Gasteiger partial charge in [0.05, 0.1) is 13.0 Å². The minimum Gasteiger partial charge on any atom is -0.493 e. The summed E-state index contributed by atoms with van der Waals surface area (Å²) < 4.78 is 5.55. The van der Waals surface area contributed by atoms with Gasteiger partial charge in [0.1, 0.15) is 5.75 Å². The van der Waals surface area contributed by atoms with E-state index in [-0.39, 0.29) is 5.91 Å². The van der Waals surface area contributed by atoms with Gasteiger partial charge in [-0.25, -0.2) is 0 Å². The van der Waals surface area contributed by atoms with Gasteiger partial charge in [-0.3, -0.25) is 4.79 Å². The van der Waals surface area contributed by atoms with Gasteiger partial charge in [0.25, 0.3) is 0 Å². The van der Waals surface area contributed by atoms with Crippen LogP contribution in [0.15, 0.2) is 24.3 Å². The van der Waals surface area contributed by atoms with Crippen LogP contribution in [0.1, 0.15) is 39.5 Å². The van der Waals surface area contributed by atoms with Crippen LogP contribution in [0.25, 0.3) is 0 Å². The predicted octanol–water partition coefficient (Wildman–Crippen LogP) is 2.98. The number of nitrogens with two attached hydrogens (primary N) is 1. The van der Waals surface area contributed by atoms with Gasteiger partial charge < -0.3 is 15.8 Å². The molecule has 0 radical (unpaired) electrons. The molecule has 21 heavy (non-hydrogen) atoms. The van der Waals surface area contributed by atoms with Crippen molar-refractivity contribution >= 4 is 11.6 Å². The normalized spacial score (nSPS) is 25.3. The van der Waals surface area contributed by atoms with E-state index in [1.54, 1.807) is 6.07 Å². The Balaban J connectivity index is 1.70. The Labute approximate surface area is 127 Å². The second-order valence-electron chi connectivity index (χ2n) is 6.24. The molecule has 0 aliphatic heterocycles. The first-order valence-corrected chi connectivity index (χ1v) is 7.82. The fourth-order valence-electron chi connectivity index (χ4n) is 3.02. The maximum Gasteiger partial charge on any atom is 0.223 e. The summed E-state index contributed by atoms with van der Waals surface area (Å²) in [6, 6.07) is 7.59. The molecule has 1 saturated carbocycles. The molecule has 3 unspecified atom stereocenters. The number of hydrogen-bond acceptors (Lipinski definition) is 3. The zero-order valence-electron chi connectivity index (χ0n) is 13.0. The Morgan fingerprint density at radius 2 is 2.19 bits per heavy atom. The molecule has 0 heterocycles. The molecule has 0 saturated heterocycles. The molecule has 1 amide bonds. The topological polar surface area (TPSA) is 64.3 Å². The SMILES string of the molecule is CC1CCC(NC(=O)CCOc2cccc(N)c2)C(C)C1. The van der Waals surface area contributed by atoms with Crippen LogP contribution in [0.3, 0.4) is 0 Å². The minimum absolute atomic E-state index is 0.0744. The predicted molar refractivity (Wildman–Crippen MR) is 85.1 cm³/mol. The summed E-state index contributed by atoms with van der Waals surface area (Å²) >= 11 is 0. The van der Waals surface area contributed by atoms with Gasteiger partial charge in [-0.15, -0.1) is 0 Å². The highest BCUT2D eigenvalue weighted by molar-refractivity contribution is 5.76. The van der Waals surface area contributed by atoms with Crippen LogP contribution in [0, 0.1) is 11.8 Å². The Hall–Kier alpha value is -1.71. The largest absolute Gasteiger partial charge is 0.493 e. The van der Waals surface area contributed by atoms with E-state index < -0.39 is 0 Å². The Morgan fingerprint density at radius 3 is 2.90 bits per heavy atom. The number of anilines is 1. The molecule has 3 N–H and O–H groups in total. The number of benzene rings is 1. The molecule has 1 aromatic carbocycles. The molecule has 2 rings (SSSR count). The lowest BCUT2D eigenvalue weighted by atomic mass is 9.80. The van der Waals surface area contributed by atoms with Crippen LogP contribution in [-0.4, -0.2) is 18.6 Å². The average molecular weight is 290 g/mol. The first-order valence-electron chi connectivity index (χ1n) is 7.82. The molecule has 1 aliphatic rings. The number of rotatable bonds is 5. The third-order valence-corrected chi connectivity index (χ3v) is 4.23. The maximum atomic E-state index is 12.0. The van der Waals surface area contributed by atoms with Crippen molar-refractivity contribution in [3.05, 3.63) is 24.3 Å². The quantitative estimate of drug-likeness (QED) is 0.819. The number of nitrogen functional groups attached to an aromatic ring is 1. The average Bonchev–Trinajstić information content (AvgIpc) is 2.42. The summed E-state index contributed by atoms with van der Waals surface area (Å²) in [5.41, 5.74) is 6.35. The maximum absolute atomic E-state index is 12.0. The molecule has 116 valence electrons. The van der Waals surface area contributed by atoms with E-state index >= 15 is 0 Å². The fraction of sp³-hybridized carbons (Fsp3) is 0.588. The molecular weight excluding hydrogens is 264 g/mol. The van der Waals surface area contributed by atoms with Crippen molar-refractivity contribution in [3.63, 3.8) is 0 Å².